The number of likely N-dealkylation sites (tertiary alicyclic amines) is 2. The minimum Gasteiger partial charge on any atom is -0.662 e. The molecule has 4 atom stereocenters. The molecule has 2 aliphatic carbocycles. The van der Waals surface area contributed by atoms with Crippen LogP contribution in [0.1, 0.15) is 107 Å². The van der Waals surface area contributed by atoms with Crippen molar-refractivity contribution >= 4 is 6.47 Å². The molecule has 10 rings (SSSR count). The summed E-state index contributed by atoms with van der Waals surface area (Å²) in [6, 6.07) is 50.9. The van der Waals surface area contributed by atoms with Gasteiger partial charge < -0.3 is 29.8 Å². The van der Waals surface area contributed by atoms with Crippen LogP contribution in [-0.4, -0.2) is 79.0 Å². The van der Waals surface area contributed by atoms with Gasteiger partial charge in [0, 0.05) is 24.9 Å². The van der Waals surface area contributed by atoms with E-state index in [0.717, 1.165) is 63.5 Å². The molecule has 2 fully saturated rings. The number of hydrogen-bond acceptors (Lipinski definition) is 9. The van der Waals surface area contributed by atoms with E-state index in [-0.39, 0.29) is 47.9 Å². The van der Waals surface area contributed by atoms with Gasteiger partial charge in [0.15, 0.2) is 0 Å². The van der Waals surface area contributed by atoms with Crippen molar-refractivity contribution in [3.05, 3.63) is 190 Å². The molecule has 4 aliphatic rings. The Morgan fingerprint density at radius 2 is 0.896 bits per heavy atom. The van der Waals surface area contributed by atoms with E-state index in [9.17, 15) is 10.2 Å². The Morgan fingerprint density at radius 3 is 1.25 bits per heavy atom. The number of carbonyl (C=O) groups is 1. The molecule has 4 unspecified atom stereocenters. The molecule has 2 saturated heterocycles. The number of phenolic OH excluding ortho intramolecular Hbond substituents is 2. The molecule has 10 heteroatoms. The second-order valence-corrected chi connectivity index (χ2v) is 18.0. The van der Waals surface area contributed by atoms with Gasteiger partial charge in [-0.25, -0.2) is 0 Å². The first-order chi connectivity index (χ1) is 32.5. The van der Waals surface area contributed by atoms with E-state index in [2.05, 4.69) is 136 Å². The Morgan fingerprint density at radius 1 is 0.522 bits per heavy atom. The molecule has 0 bridgehead atoms. The van der Waals surface area contributed by atoms with Crippen molar-refractivity contribution < 1.29 is 64.2 Å². The summed E-state index contributed by atoms with van der Waals surface area (Å²) >= 11 is 0. The summed E-state index contributed by atoms with van der Waals surface area (Å²) in [5.41, 5.74) is 10.6. The van der Waals surface area contributed by atoms with Crippen LogP contribution in [0.2, 0.25) is 0 Å². The van der Waals surface area contributed by atoms with Crippen molar-refractivity contribution in [3.8, 4) is 23.0 Å². The van der Waals surface area contributed by atoms with Crippen molar-refractivity contribution in [2.24, 2.45) is 0 Å². The Kier molecular flexibility index (Phi) is 18.8. The molecule has 9 nitrogen and oxygen atoms in total. The van der Waals surface area contributed by atoms with Crippen LogP contribution in [0.3, 0.4) is 0 Å². The average molecular weight is 911 g/mol. The van der Waals surface area contributed by atoms with E-state index in [1.165, 1.54) is 96.4 Å². The zero-order valence-corrected chi connectivity index (χ0v) is 40.9. The van der Waals surface area contributed by atoms with Gasteiger partial charge in [0.1, 0.15) is 36.2 Å². The molecule has 6 aromatic carbocycles. The van der Waals surface area contributed by atoms with E-state index in [1.54, 1.807) is 0 Å². The maximum Gasteiger partial charge on any atom is 1.00 e. The Balaban J connectivity index is 0.000000182. The Hall–Kier alpha value is -5.13. The van der Waals surface area contributed by atoms with Crippen LogP contribution in [0.15, 0.2) is 146 Å². The van der Waals surface area contributed by atoms with Gasteiger partial charge >= 0.3 is 29.6 Å². The van der Waals surface area contributed by atoms with Gasteiger partial charge in [0.05, 0.1) is 0 Å². The van der Waals surface area contributed by atoms with Crippen molar-refractivity contribution in [1.29, 1.82) is 0 Å². The number of aryl methyl sites for hydroxylation is 2. The summed E-state index contributed by atoms with van der Waals surface area (Å²) in [6.45, 7) is 8.17. The zero-order valence-electron chi connectivity index (χ0n) is 38.9. The molecule has 2 aliphatic heterocycles. The van der Waals surface area contributed by atoms with Crippen LogP contribution in [0, 0.1) is 0 Å². The van der Waals surface area contributed by atoms with Crippen LogP contribution < -0.4 is 44.3 Å². The van der Waals surface area contributed by atoms with E-state index < -0.39 is 0 Å². The number of ether oxygens (including phenoxy) is 2. The first-order valence-electron chi connectivity index (χ1n) is 23.8. The third-order valence-electron chi connectivity index (χ3n) is 13.9. The van der Waals surface area contributed by atoms with Crippen molar-refractivity contribution in [1.82, 2.24) is 9.80 Å². The number of carbonyl (C=O) groups excluding carboxylic acids is 1. The van der Waals surface area contributed by atoms with Gasteiger partial charge in [-0.05, 0) is 182 Å². The number of fused-ring (bicyclic) bond motifs is 2. The van der Waals surface area contributed by atoms with E-state index in [1.807, 2.05) is 24.3 Å². The first kappa shape index (κ1) is 49.8. The van der Waals surface area contributed by atoms with E-state index in [4.69, 9.17) is 19.5 Å². The smallest absolute Gasteiger partial charge is 0.662 e. The minimum atomic E-state index is -0.181. The topological polar surface area (TPSA) is 115 Å². The number of hydrogen-bond donors (Lipinski definition) is 2. The van der Waals surface area contributed by atoms with Crippen LogP contribution in [0.4, 0.5) is 0 Å². The monoisotopic (exact) mass is 910 g/mol. The number of rotatable bonds is 13. The molecule has 2 N–H and O–H groups in total. The number of phenols is 2. The largest absolute Gasteiger partial charge is 1.00 e. The summed E-state index contributed by atoms with van der Waals surface area (Å²) < 4.78 is 12.1. The normalized spacial score (nSPS) is 19.8. The molecular formula is C57H63N2NaO7. The standard InChI is InChI=1S/2C28H31NO2.CH2O3.Na/c2*30-24-11-15-27-23(20-24)10-14-26(21-6-2-1-3-7-21)28(27)22-8-12-25(13-9-22)31-19-18-29-16-4-5-17-29;2-1-4-3;/h2*1-3,6-9,11-13,15,20,26,28,30H,4-5,10,14,16-19H2;1,3H;/q;;;+1/p-1. The molecule has 2 heterocycles. The number of aromatic hydroxyl groups is 2. The molecule has 0 radical (unpaired) electrons. The molecule has 0 saturated carbocycles. The Labute approximate surface area is 418 Å². The predicted octanol–water partition coefficient (Wildman–Crippen LogP) is 6.90. The van der Waals surface area contributed by atoms with Crippen molar-refractivity contribution in [3.63, 3.8) is 0 Å². The summed E-state index contributed by atoms with van der Waals surface area (Å²) in [7, 11) is 0. The third kappa shape index (κ3) is 13.3. The third-order valence-corrected chi connectivity index (χ3v) is 13.9. The van der Waals surface area contributed by atoms with E-state index in [0.29, 0.717) is 23.3 Å². The molecule has 6 aromatic rings. The van der Waals surface area contributed by atoms with Gasteiger partial charge in [-0.2, -0.15) is 0 Å². The molecule has 0 amide bonds. The molecule has 0 spiro atoms. The Bertz CT molecular complexity index is 2240. The first-order valence-corrected chi connectivity index (χ1v) is 23.8. The van der Waals surface area contributed by atoms with Gasteiger partial charge in [0.2, 0.25) is 0 Å². The predicted molar refractivity (Wildman–Crippen MR) is 257 cm³/mol. The van der Waals surface area contributed by atoms with Crippen LogP contribution in [0.5, 0.6) is 23.0 Å². The van der Waals surface area contributed by atoms with Gasteiger partial charge in [0.25, 0.3) is 6.47 Å². The van der Waals surface area contributed by atoms with Crippen LogP contribution in [0.25, 0.3) is 0 Å². The van der Waals surface area contributed by atoms with E-state index >= 15 is 0 Å². The number of benzene rings is 6. The number of nitrogens with zero attached hydrogens (tertiary/aromatic N) is 2. The maximum absolute atomic E-state index is 10.0. The van der Waals surface area contributed by atoms with Gasteiger partial charge in [-0.15, -0.1) is 0 Å². The minimum absolute atomic E-state index is 0. The summed E-state index contributed by atoms with van der Waals surface area (Å²) in [6.07, 6.45) is 9.43. The molecular weight excluding hydrogens is 848 g/mol. The fourth-order valence-electron chi connectivity index (χ4n) is 10.7. The summed E-state index contributed by atoms with van der Waals surface area (Å²) in [5.74, 6) is 4.04. The zero-order chi connectivity index (χ0) is 45.5. The molecule has 344 valence electrons. The van der Waals surface area contributed by atoms with Gasteiger partial charge in [-0.1, -0.05) is 97.1 Å². The van der Waals surface area contributed by atoms with Crippen molar-refractivity contribution in [2.75, 3.05) is 52.5 Å². The van der Waals surface area contributed by atoms with Crippen LogP contribution in [-0.2, 0) is 22.5 Å². The summed E-state index contributed by atoms with van der Waals surface area (Å²) in [4.78, 5) is 16.2. The second kappa shape index (κ2) is 25.3. The molecule has 0 aromatic heterocycles. The van der Waals surface area contributed by atoms with Crippen LogP contribution >= 0.6 is 0 Å². The average Bonchev–Trinajstić information content (AvgIpc) is 4.10. The van der Waals surface area contributed by atoms with Crippen molar-refractivity contribution in [2.45, 2.75) is 75.0 Å². The fraction of sp³-hybridized carbons (Fsp3) is 0.351. The summed E-state index contributed by atoms with van der Waals surface area (Å²) in [5, 5.41) is 28.4. The maximum atomic E-state index is 10.0. The second-order valence-electron chi connectivity index (χ2n) is 18.0. The fourth-order valence-corrected chi connectivity index (χ4v) is 10.7. The van der Waals surface area contributed by atoms with Gasteiger partial charge in [-0.3, -0.25) is 14.6 Å². The SMILES string of the molecule is O=CO[O-].Oc1ccc2c(c1)CCC(c1ccccc1)C2c1ccc(OCCN2CCCC2)cc1.Oc1ccc2c(c1)CCC(c1ccccc1)C2c1ccc(OCCN2CCCC2)cc1.[Na+]. The molecule has 67 heavy (non-hydrogen) atoms. The quantitative estimate of drug-likeness (QED) is 0.0554.